The van der Waals surface area contributed by atoms with Gasteiger partial charge in [0.25, 0.3) is 0 Å². The summed E-state index contributed by atoms with van der Waals surface area (Å²) in [7, 11) is 0. The van der Waals surface area contributed by atoms with Gasteiger partial charge in [-0.1, -0.05) is 19.1 Å². The summed E-state index contributed by atoms with van der Waals surface area (Å²) in [5.74, 6) is 1.16. The molecule has 1 atom stereocenters. The number of hydrogen-bond acceptors (Lipinski definition) is 2. The summed E-state index contributed by atoms with van der Waals surface area (Å²) in [5, 5.41) is 3.28. The van der Waals surface area contributed by atoms with E-state index in [1.807, 2.05) is 0 Å². The summed E-state index contributed by atoms with van der Waals surface area (Å²) in [4.78, 5) is 0. The van der Waals surface area contributed by atoms with Gasteiger partial charge in [0.2, 0.25) is 0 Å². The van der Waals surface area contributed by atoms with Gasteiger partial charge in [-0.25, -0.2) is 0 Å². The van der Waals surface area contributed by atoms with Crippen molar-refractivity contribution in [1.29, 1.82) is 0 Å². The maximum absolute atomic E-state index is 12.7. The zero-order chi connectivity index (χ0) is 15.5. The van der Waals surface area contributed by atoms with Crippen molar-refractivity contribution in [3.05, 3.63) is 47.7 Å². The van der Waals surface area contributed by atoms with Gasteiger partial charge in [-0.2, -0.15) is 13.2 Å². The van der Waals surface area contributed by atoms with Gasteiger partial charge in [0.15, 0.2) is 0 Å². The van der Waals surface area contributed by atoms with Crippen LogP contribution < -0.4 is 5.32 Å². The first kappa shape index (κ1) is 15.6. The number of alkyl halides is 3. The second kappa shape index (κ2) is 6.35. The molecule has 2 aromatic rings. The van der Waals surface area contributed by atoms with Gasteiger partial charge in [0.05, 0.1) is 12.1 Å². The van der Waals surface area contributed by atoms with Gasteiger partial charge in [0, 0.05) is 11.6 Å². The lowest BCUT2D eigenvalue weighted by Gasteiger charge is -2.09. The lowest BCUT2D eigenvalue weighted by molar-refractivity contribution is -0.137. The lowest BCUT2D eigenvalue weighted by atomic mass is 10.1. The Balaban J connectivity index is 2.14. The maximum atomic E-state index is 12.7. The number of halogens is 3. The number of rotatable bonds is 5. The van der Waals surface area contributed by atoms with Crippen LogP contribution in [0.4, 0.5) is 13.2 Å². The van der Waals surface area contributed by atoms with Crippen molar-refractivity contribution in [2.45, 2.75) is 39.0 Å². The van der Waals surface area contributed by atoms with E-state index < -0.39 is 11.7 Å². The minimum absolute atomic E-state index is 0.368. The topological polar surface area (TPSA) is 25.2 Å². The predicted octanol–water partition coefficient (Wildman–Crippen LogP) is 4.85. The van der Waals surface area contributed by atoms with E-state index in [9.17, 15) is 13.2 Å². The molecule has 0 aliphatic carbocycles. The Bertz CT molecular complexity index is 589. The lowest BCUT2D eigenvalue weighted by Crippen LogP contribution is -2.24. The number of furan rings is 1. The molecule has 2 nitrogen and oxygen atoms in total. The molecule has 1 heterocycles. The Morgan fingerprint density at radius 3 is 2.62 bits per heavy atom. The Morgan fingerprint density at radius 2 is 1.95 bits per heavy atom. The van der Waals surface area contributed by atoms with Crippen molar-refractivity contribution in [3.63, 3.8) is 0 Å². The van der Waals surface area contributed by atoms with Gasteiger partial charge in [-0.05, 0) is 37.6 Å². The van der Waals surface area contributed by atoms with Gasteiger partial charge in [0.1, 0.15) is 11.5 Å². The van der Waals surface area contributed by atoms with Crippen molar-refractivity contribution >= 4 is 0 Å². The molecule has 0 radical (unpaired) electrons. The number of nitrogens with one attached hydrogen (secondary N) is 1. The first-order valence-electron chi connectivity index (χ1n) is 6.90. The molecule has 0 fully saturated rings. The molecule has 0 bridgehead atoms. The fourth-order valence-electron chi connectivity index (χ4n) is 1.90. The molecule has 0 unspecified atom stereocenters. The van der Waals surface area contributed by atoms with Gasteiger partial charge in [-0.15, -0.1) is 0 Å². The summed E-state index contributed by atoms with van der Waals surface area (Å²) in [6, 6.07) is 9.00. The zero-order valence-corrected chi connectivity index (χ0v) is 12.0. The van der Waals surface area contributed by atoms with Crippen molar-refractivity contribution in [2.75, 3.05) is 0 Å². The van der Waals surface area contributed by atoms with E-state index in [1.165, 1.54) is 6.07 Å². The van der Waals surface area contributed by atoms with Crippen LogP contribution in [-0.4, -0.2) is 6.04 Å². The molecule has 0 saturated heterocycles. The molecular formula is C16H18F3NO. The van der Waals surface area contributed by atoms with Crippen LogP contribution in [0.15, 0.2) is 40.8 Å². The smallest absolute Gasteiger partial charge is 0.416 e. The standard InChI is InChI=1S/C16H18F3NO/c1-3-11(2)20-10-14-7-8-15(21-14)12-5-4-6-13(9-12)16(17,18)19/h4-9,11,20H,3,10H2,1-2H3/t11-/m1/s1. The van der Waals surface area contributed by atoms with E-state index in [4.69, 9.17) is 4.42 Å². The molecule has 1 aromatic carbocycles. The molecule has 0 aliphatic heterocycles. The second-order valence-corrected chi connectivity index (χ2v) is 5.03. The molecule has 2 rings (SSSR count). The summed E-state index contributed by atoms with van der Waals surface area (Å²) in [5.41, 5.74) is -0.240. The normalized spacial score (nSPS) is 13.4. The van der Waals surface area contributed by atoms with E-state index in [0.29, 0.717) is 29.7 Å². The van der Waals surface area contributed by atoms with E-state index in [2.05, 4.69) is 19.2 Å². The highest BCUT2D eigenvalue weighted by molar-refractivity contribution is 5.58. The molecule has 0 aliphatic rings. The molecule has 0 amide bonds. The van der Waals surface area contributed by atoms with Gasteiger partial charge >= 0.3 is 6.18 Å². The molecule has 0 saturated carbocycles. The summed E-state index contributed by atoms with van der Waals surface area (Å²) >= 11 is 0. The third kappa shape index (κ3) is 4.11. The molecule has 5 heteroatoms. The van der Waals surface area contributed by atoms with Crippen molar-refractivity contribution in [1.82, 2.24) is 5.32 Å². The third-order valence-electron chi connectivity index (χ3n) is 3.37. The van der Waals surface area contributed by atoms with Crippen LogP contribution in [0.2, 0.25) is 0 Å². The number of benzene rings is 1. The Hall–Kier alpha value is -1.75. The van der Waals surface area contributed by atoms with Crippen LogP contribution in [-0.2, 0) is 12.7 Å². The minimum Gasteiger partial charge on any atom is -0.460 e. The second-order valence-electron chi connectivity index (χ2n) is 5.03. The number of hydrogen-bond donors (Lipinski definition) is 1. The van der Waals surface area contributed by atoms with E-state index in [-0.39, 0.29) is 0 Å². The molecule has 114 valence electrons. The van der Waals surface area contributed by atoms with Crippen molar-refractivity contribution < 1.29 is 17.6 Å². The van der Waals surface area contributed by atoms with Gasteiger partial charge in [-0.3, -0.25) is 0 Å². The first-order valence-corrected chi connectivity index (χ1v) is 6.90. The van der Waals surface area contributed by atoms with E-state index in [0.717, 1.165) is 18.6 Å². The Labute approximate surface area is 122 Å². The Morgan fingerprint density at radius 1 is 1.19 bits per heavy atom. The van der Waals surface area contributed by atoms with Crippen LogP contribution in [0.25, 0.3) is 11.3 Å². The minimum atomic E-state index is -4.34. The average molecular weight is 297 g/mol. The monoisotopic (exact) mass is 297 g/mol. The highest BCUT2D eigenvalue weighted by Crippen LogP contribution is 2.32. The summed E-state index contributed by atoms with van der Waals surface area (Å²) in [6.07, 6.45) is -3.34. The SMILES string of the molecule is CC[C@@H](C)NCc1ccc(-c2cccc(C(F)(F)F)c2)o1. The fourth-order valence-corrected chi connectivity index (χ4v) is 1.90. The van der Waals surface area contributed by atoms with Crippen LogP contribution in [0.1, 0.15) is 31.6 Å². The third-order valence-corrected chi connectivity index (χ3v) is 3.37. The fraction of sp³-hybridized carbons (Fsp3) is 0.375. The molecule has 1 N–H and O–H groups in total. The average Bonchev–Trinajstić information content (AvgIpc) is 2.93. The maximum Gasteiger partial charge on any atom is 0.416 e. The van der Waals surface area contributed by atoms with Crippen molar-refractivity contribution in [2.24, 2.45) is 0 Å². The van der Waals surface area contributed by atoms with E-state index in [1.54, 1.807) is 18.2 Å². The van der Waals surface area contributed by atoms with Crippen LogP contribution in [0, 0.1) is 0 Å². The van der Waals surface area contributed by atoms with Crippen LogP contribution in [0.5, 0.6) is 0 Å². The summed E-state index contributed by atoms with van der Waals surface area (Å²) in [6.45, 7) is 4.71. The zero-order valence-electron chi connectivity index (χ0n) is 12.0. The van der Waals surface area contributed by atoms with Crippen LogP contribution in [0.3, 0.4) is 0 Å². The van der Waals surface area contributed by atoms with E-state index >= 15 is 0 Å². The molecule has 21 heavy (non-hydrogen) atoms. The highest BCUT2D eigenvalue weighted by Gasteiger charge is 2.30. The molecule has 1 aromatic heterocycles. The first-order chi connectivity index (χ1) is 9.90. The van der Waals surface area contributed by atoms with Crippen LogP contribution >= 0.6 is 0 Å². The van der Waals surface area contributed by atoms with Gasteiger partial charge < -0.3 is 9.73 Å². The largest absolute Gasteiger partial charge is 0.460 e. The van der Waals surface area contributed by atoms with Crippen molar-refractivity contribution in [3.8, 4) is 11.3 Å². The predicted molar refractivity (Wildman–Crippen MR) is 75.7 cm³/mol. The molecular weight excluding hydrogens is 279 g/mol. The highest BCUT2D eigenvalue weighted by atomic mass is 19.4. The Kier molecular flexibility index (Phi) is 4.73. The quantitative estimate of drug-likeness (QED) is 0.853. The summed E-state index contributed by atoms with van der Waals surface area (Å²) < 4.78 is 43.7. The molecule has 0 spiro atoms.